The highest BCUT2D eigenvalue weighted by Gasteiger charge is 2.38. The van der Waals surface area contributed by atoms with E-state index in [9.17, 15) is 0 Å². The zero-order valence-electron chi connectivity index (χ0n) is 11.1. The number of hydrogen-bond donors (Lipinski definition) is 1. The number of hydrogen-bond acceptors (Lipinski definition) is 4. The Labute approximate surface area is 117 Å². The van der Waals surface area contributed by atoms with Gasteiger partial charge in [0, 0.05) is 5.92 Å². The van der Waals surface area contributed by atoms with Crippen molar-refractivity contribution in [2.75, 3.05) is 0 Å². The van der Waals surface area contributed by atoms with E-state index in [1.807, 2.05) is 24.3 Å². The van der Waals surface area contributed by atoms with Gasteiger partial charge in [-0.25, -0.2) is 0 Å². The van der Waals surface area contributed by atoms with Crippen molar-refractivity contribution in [2.24, 2.45) is 11.0 Å². The minimum Gasteiger partial charge on any atom is -0.467 e. The lowest BCUT2D eigenvalue weighted by atomic mass is 9.79. The van der Waals surface area contributed by atoms with Gasteiger partial charge in [0.15, 0.2) is 0 Å². The molecular formula is C16H16N2O2. The summed E-state index contributed by atoms with van der Waals surface area (Å²) in [6.07, 6.45) is 8.91. The number of fused-ring (bicyclic) bond motifs is 1. The van der Waals surface area contributed by atoms with Crippen LogP contribution >= 0.6 is 0 Å². The van der Waals surface area contributed by atoms with Gasteiger partial charge in [-0.1, -0.05) is 0 Å². The molecule has 1 fully saturated rings. The molecular weight excluding hydrogens is 252 g/mol. The first-order chi connectivity index (χ1) is 9.92. The second kappa shape index (κ2) is 4.71. The lowest BCUT2D eigenvalue weighted by molar-refractivity contribution is 0.371. The zero-order chi connectivity index (χ0) is 13.4. The third-order valence-electron chi connectivity index (χ3n) is 4.08. The first kappa shape index (κ1) is 11.6. The molecule has 1 saturated carbocycles. The van der Waals surface area contributed by atoms with E-state index < -0.39 is 0 Å². The van der Waals surface area contributed by atoms with Gasteiger partial charge in [-0.05, 0) is 55.2 Å². The second-order valence-electron chi connectivity index (χ2n) is 5.30. The number of furan rings is 2. The number of nitrogens with one attached hydrogen (secondary N) is 1. The van der Waals surface area contributed by atoms with Gasteiger partial charge in [-0.3, -0.25) is 5.43 Å². The van der Waals surface area contributed by atoms with Crippen LogP contribution in [0, 0.1) is 5.92 Å². The largest absolute Gasteiger partial charge is 0.467 e. The Balaban J connectivity index is 1.63. The third kappa shape index (κ3) is 1.88. The Kier molecular flexibility index (Phi) is 2.73. The molecule has 2 aromatic heterocycles. The van der Waals surface area contributed by atoms with Gasteiger partial charge in [0.25, 0.3) is 0 Å². The maximum absolute atomic E-state index is 5.53. The summed E-state index contributed by atoms with van der Waals surface area (Å²) in [6, 6.07) is 8.00. The summed E-state index contributed by atoms with van der Waals surface area (Å²) >= 11 is 0. The molecule has 0 aromatic carbocycles. The van der Waals surface area contributed by atoms with Crippen LogP contribution in [-0.2, 0) is 0 Å². The highest BCUT2D eigenvalue weighted by molar-refractivity contribution is 6.06. The molecule has 4 rings (SSSR count). The molecule has 0 saturated heterocycles. The number of hydrazone groups is 1. The van der Waals surface area contributed by atoms with E-state index in [1.165, 1.54) is 12.0 Å². The van der Waals surface area contributed by atoms with Gasteiger partial charge in [0.1, 0.15) is 17.6 Å². The average molecular weight is 268 g/mol. The molecule has 3 heterocycles. The zero-order valence-corrected chi connectivity index (χ0v) is 11.1. The minimum atomic E-state index is 0.167. The third-order valence-corrected chi connectivity index (χ3v) is 4.08. The van der Waals surface area contributed by atoms with E-state index in [0.717, 1.165) is 30.1 Å². The van der Waals surface area contributed by atoms with Crippen molar-refractivity contribution in [3.8, 4) is 0 Å². The molecule has 0 radical (unpaired) electrons. The fourth-order valence-corrected chi connectivity index (χ4v) is 3.15. The molecule has 0 bridgehead atoms. The summed E-state index contributed by atoms with van der Waals surface area (Å²) < 4.78 is 10.9. The van der Waals surface area contributed by atoms with Gasteiger partial charge in [-0.2, -0.15) is 5.10 Å². The summed E-state index contributed by atoms with van der Waals surface area (Å²) in [5.74, 6) is 2.26. The SMILES string of the molecule is C(=C1\CCC[C@@H]2C1=NN[C@@H]2c1ccco1)/c1ccco1. The number of nitrogens with zero attached hydrogens (tertiary/aromatic N) is 1. The molecule has 1 aliphatic heterocycles. The number of allylic oxidation sites excluding steroid dienone is 1. The van der Waals surface area contributed by atoms with Crippen LogP contribution in [0.3, 0.4) is 0 Å². The molecule has 2 atom stereocenters. The van der Waals surface area contributed by atoms with Gasteiger partial charge in [-0.15, -0.1) is 0 Å². The summed E-state index contributed by atoms with van der Waals surface area (Å²) in [6.45, 7) is 0. The fourth-order valence-electron chi connectivity index (χ4n) is 3.15. The van der Waals surface area contributed by atoms with Crippen LogP contribution in [-0.4, -0.2) is 5.71 Å². The molecule has 0 amide bonds. The van der Waals surface area contributed by atoms with Gasteiger partial charge >= 0.3 is 0 Å². The highest BCUT2D eigenvalue weighted by atomic mass is 16.3. The maximum Gasteiger partial charge on any atom is 0.128 e. The van der Waals surface area contributed by atoms with Crippen molar-refractivity contribution in [3.05, 3.63) is 53.9 Å². The standard InChI is InChI=1S/C16H16N2O2/c1-4-11(10-12-5-2-8-19-12)15-13(6-1)16(18-17-15)14-7-3-9-20-14/h2-3,5,7-10,13,16,18H,1,4,6H2/b11-10-/t13-,16+/m1/s1. The Morgan fingerprint density at radius 3 is 2.90 bits per heavy atom. The van der Waals surface area contributed by atoms with E-state index in [4.69, 9.17) is 8.83 Å². The smallest absolute Gasteiger partial charge is 0.128 e. The predicted molar refractivity (Wildman–Crippen MR) is 76.0 cm³/mol. The lowest BCUT2D eigenvalue weighted by Gasteiger charge is -2.24. The molecule has 102 valence electrons. The van der Waals surface area contributed by atoms with Gasteiger partial charge in [0.2, 0.25) is 0 Å². The van der Waals surface area contributed by atoms with Crippen LogP contribution in [0.15, 0.2) is 56.3 Å². The van der Waals surface area contributed by atoms with Crippen molar-refractivity contribution in [1.82, 2.24) is 5.43 Å². The molecule has 1 N–H and O–H groups in total. The van der Waals surface area contributed by atoms with E-state index in [-0.39, 0.29) is 6.04 Å². The van der Waals surface area contributed by atoms with Crippen molar-refractivity contribution in [1.29, 1.82) is 0 Å². The molecule has 4 heteroatoms. The van der Waals surface area contributed by atoms with E-state index in [0.29, 0.717) is 5.92 Å². The van der Waals surface area contributed by atoms with Crippen LogP contribution in [0.4, 0.5) is 0 Å². The van der Waals surface area contributed by atoms with Crippen molar-refractivity contribution >= 4 is 11.8 Å². The van der Waals surface area contributed by atoms with Gasteiger partial charge < -0.3 is 8.83 Å². The molecule has 0 unspecified atom stereocenters. The Hall–Kier alpha value is -2.23. The minimum absolute atomic E-state index is 0.167. The average Bonchev–Trinajstić information content (AvgIpc) is 3.20. The number of rotatable bonds is 2. The van der Waals surface area contributed by atoms with Crippen LogP contribution in [0.1, 0.15) is 36.8 Å². The van der Waals surface area contributed by atoms with Crippen LogP contribution in [0.25, 0.3) is 6.08 Å². The van der Waals surface area contributed by atoms with E-state index in [2.05, 4.69) is 16.6 Å². The quantitative estimate of drug-likeness (QED) is 0.902. The monoisotopic (exact) mass is 268 g/mol. The first-order valence-corrected chi connectivity index (χ1v) is 7.03. The first-order valence-electron chi connectivity index (χ1n) is 7.03. The summed E-state index contributed by atoms with van der Waals surface area (Å²) in [5.41, 5.74) is 5.67. The molecule has 20 heavy (non-hydrogen) atoms. The molecule has 1 aliphatic carbocycles. The van der Waals surface area contributed by atoms with Crippen LogP contribution < -0.4 is 5.43 Å². The highest BCUT2D eigenvalue weighted by Crippen LogP contribution is 2.39. The topological polar surface area (TPSA) is 50.7 Å². The van der Waals surface area contributed by atoms with Gasteiger partial charge in [0.05, 0.1) is 18.2 Å². The van der Waals surface area contributed by atoms with Crippen molar-refractivity contribution in [3.63, 3.8) is 0 Å². The van der Waals surface area contributed by atoms with Crippen molar-refractivity contribution in [2.45, 2.75) is 25.3 Å². The lowest BCUT2D eigenvalue weighted by Crippen LogP contribution is -2.25. The summed E-state index contributed by atoms with van der Waals surface area (Å²) in [4.78, 5) is 0. The summed E-state index contributed by atoms with van der Waals surface area (Å²) in [5, 5.41) is 4.55. The van der Waals surface area contributed by atoms with Crippen LogP contribution in [0.5, 0.6) is 0 Å². The van der Waals surface area contributed by atoms with E-state index in [1.54, 1.807) is 12.5 Å². The molecule has 2 aliphatic rings. The fraction of sp³-hybridized carbons (Fsp3) is 0.312. The normalized spacial score (nSPS) is 27.2. The maximum atomic E-state index is 5.53. The summed E-state index contributed by atoms with van der Waals surface area (Å²) in [7, 11) is 0. The second-order valence-corrected chi connectivity index (χ2v) is 5.30. The predicted octanol–water partition coefficient (Wildman–Crippen LogP) is 3.76. The van der Waals surface area contributed by atoms with E-state index >= 15 is 0 Å². The molecule has 0 spiro atoms. The molecule has 4 nitrogen and oxygen atoms in total. The Morgan fingerprint density at radius 2 is 2.10 bits per heavy atom. The Bertz CT molecular complexity index is 638. The van der Waals surface area contributed by atoms with Crippen molar-refractivity contribution < 1.29 is 8.83 Å². The Morgan fingerprint density at radius 1 is 1.20 bits per heavy atom. The van der Waals surface area contributed by atoms with Crippen LogP contribution in [0.2, 0.25) is 0 Å². The molecule has 2 aromatic rings.